The van der Waals surface area contributed by atoms with E-state index in [0.717, 1.165) is 17.0 Å². The minimum absolute atomic E-state index is 0.243. The molecule has 0 aliphatic heterocycles. The van der Waals surface area contributed by atoms with E-state index < -0.39 is 0 Å². The second-order valence-corrected chi connectivity index (χ2v) is 4.85. The van der Waals surface area contributed by atoms with E-state index in [1.54, 1.807) is 10.7 Å². The van der Waals surface area contributed by atoms with Crippen LogP contribution >= 0.6 is 0 Å². The number of hydrazine groups is 1. The average molecular weight is 262 g/mol. The molecule has 1 aromatic heterocycles. The minimum Gasteiger partial charge on any atom is -0.272 e. The maximum atomic E-state index is 13.9. The van der Waals surface area contributed by atoms with Crippen LogP contribution in [0.25, 0.3) is 0 Å². The van der Waals surface area contributed by atoms with Crippen LogP contribution in [-0.2, 0) is 13.5 Å². The molecule has 0 saturated heterocycles. The van der Waals surface area contributed by atoms with Gasteiger partial charge in [-0.1, -0.05) is 17.7 Å². The average Bonchev–Trinajstić information content (AvgIpc) is 2.68. The van der Waals surface area contributed by atoms with Crippen molar-refractivity contribution in [2.45, 2.75) is 26.3 Å². The number of aryl methyl sites for hydroxylation is 3. The van der Waals surface area contributed by atoms with Gasteiger partial charge in [0.2, 0.25) is 0 Å². The summed E-state index contributed by atoms with van der Waals surface area (Å²) in [6, 6.07) is 6.76. The number of halogens is 1. The third-order valence-electron chi connectivity index (χ3n) is 3.24. The Labute approximate surface area is 112 Å². The highest BCUT2D eigenvalue weighted by molar-refractivity contribution is 5.28. The van der Waals surface area contributed by atoms with Crippen molar-refractivity contribution in [2.75, 3.05) is 0 Å². The molecule has 1 atom stereocenters. The van der Waals surface area contributed by atoms with E-state index in [-0.39, 0.29) is 11.9 Å². The first-order valence-electron chi connectivity index (χ1n) is 6.23. The number of nitrogens with one attached hydrogen (secondary N) is 1. The molecule has 19 heavy (non-hydrogen) atoms. The molecular weight excluding hydrogens is 243 g/mol. The number of nitrogens with two attached hydrogens (primary N) is 1. The normalized spacial score (nSPS) is 12.7. The first kappa shape index (κ1) is 13.7. The second-order valence-electron chi connectivity index (χ2n) is 4.85. The maximum absolute atomic E-state index is 13.9. The van der Waals surface area contributed by atoms with Crippen molar-refractivity contribution >= 4 is 0 Å². The Kier molecular flexibility index (Phi) is 3.97. The Morgan fingerprint density at radius 3 is 2.68 bits per heavy atom. The van der Waals surface area contributed by atoms with Crippen LogP contribution in [0.5, 0.6) is 0 Å². The Bertz CT molecular complexity index is 577. The van der Waals surface area contributed by atoms with Gasteiger partial charge in [0.1, 0.15) is 5.82 Å². The number of rotatable bonds is 4. The molecule has 0 amide bonds. The zero-order valence-corrected chi connectivity index (χ0v) is 11.4. The summed E-state index contributed by atoms with van der Waals surface area (Å²) in [5.41, 5.74) is 6.24. The molecule has 1 aromatic carbocycles. The monoisotopic (exact) mass is 262 g/mol. The molecule has 0 radical (unpaired) electrons. The third kappa shape index (κ3) is 3.00. The molecule has 0 spiro atoms. The fourth-order valence-corrected chi connectivity index (χ4v) is 2.25. The van der Waals surface area contributed by atoms with E-state index in [0.29, 0.717) is 12.0 Å². The zero-order valence-electron chi connectivity index (χ0n) is 11.4. The van der Waals surface area contributed by atoms with Gasteiger partial charge in [-0.2, -0.15) is 5.10 Å². The van der Waals surface area contributed by atoms with Crippen LogP contribution in [0.4, 0.5) is 4.39 Å². The van der Waals surface area contributed by atoms with Gasteiger partial charge in [-0.15, -0.1) is 0 Å². The third-order valence-corrected chi connectivity index (χ3v) is 3.24. The highest BCUT2D eigenvalue weighted by Gasteiger charge is 2.17. The van der Waals surface area contributed by atoms with Crippen LogP contribution in [-0.4, -0.2) is 9.78 Å². The summed E-state index contributed by atoms with van der Waals surface area (Å²) in [7, 11) is 1.88. The van der Waals surface area contributed by atoms with E-state index >= 15 is 0 Å². The molecule has 102 valence electrons. The number of aromatic nitrogens is 2. The number of hydrogen-bond acceptors (Lipinski definition) is 3. The lowest BCUT2D eigenvalue weighted by atomic mass is 10.00. The summed E-state index contributed by atoms with van der Waals surface area (Å²) in [4.78, 5) is 0. The predicted molar refractivity (Wildman–Crippen MR) is 72.9 cm³/mol. The molecule has 2 rings (SSSR count). The summed E-state index contributed by atoms with van der Waals surface area (Å²) in [6.07, 6.45) is 0.591. The molecule has 0 saturated carbocycles. The fraction of sp³-hybridized carbons (Fsp3) is 0.357. The van der Waals surface area contributed by atoms with Crippen LogP contribution in [0.2, 0.25) is 0 Å². The van der Waals surface area contributed by atoms with E-state index in [1.807, 2.05) is 33.0 Å². The summed E-state index contributed by atoms with van der Waals surface area (Å²) in [5, 5.41) is 4.29. The van der Waals surface area contributed by atoms with Crippen molar-refractivity contribution in [3.05, 3.63) is 52.6 Å². The largest absolute Gasteiger partial charge is 0.272 e. The Morgan fingerprint density at radius 2 is 2.11 bits per heavy atom. The molecular formula is C14H19FN4. The molecule has 1 unspecified atom stereocenters. The van der Waals surface area contributed by atoms with Crippen molar-refractivity contribution in [1.82, 2.24) is 15.2 Å². The summed E-state index contributed by atoms with van der Waals surface area (Å²) >= 11 is 0. The minimum atomic E-state index is -0.269. The number of nitrogens with zero attached hydrogens (tertiary/aromatic N) is 2. The highest BCUT2D eigenvalue weighted by atomic mass is 19.1. The van der Waals surface area contributed by atoms with Crippen molar-refractivity contribution in [2.24, 2.45) is 12.9 Å². The smallest absolute Gasteiger partial charge is 0.128 e. The van der Waals surface area contributed by atoms with Gasteiger partial charge in [-0.05, 0) is 26.0 Å². The molecule has 0 bridgehead atoms. The summed E-state index contributed by atoms with van der Waals surface area (Å²) in [6.45, 7) is 3.87. The van der Waals surface area contributed by atoms with E-state index in [4.69, 9.17) is 5.84 Å². The van der Waals surface area contributed by atoms with E-state index in [9.17, 15) is 4.39 Å². The summed E-state index contributed by atoms with van der Waals surface area (Å²) in [5.74, 6) is 5.34. The second kappa shape index (κ2) is 5.50. The fourth-order valence-electron chi connectivity index (χ4n) is 2.25. The van der Waals surface area contributed by atoms with Gasteiger partial charge in [-0.3, -0.25) is 16.0 Å². The predicted octanol–water partition coefficient (Wildman–Crippen LogP) is 1.92. The molecule has 3 N–H and O–H groups in total. The molecule has 5 heteroatoms. The first-order chi connectivity index (χ1) is 9.01. The van der Waals surface area contributed by atoms with Gasteiger partial charge in [0.25, 0.3) is 0 Å². The zero-order chi connectivity index (χ0) is 14.0. The molecule has 2 aromatic rings. The first-order valence-corrected chi connectivity index (χ1v) is 6.23. The van der Waals surface area contributed by atoms with Crippen LogP contribution in [0.1, 0.15) is 28.6 Å². The SMILES string of the molecule is Cc1ccc(F)c(C(Cc2cc(C)nn2C)NN)c1. The highest BCUT2D eigenvalue weighted by Crippen LogP contribution is 2.22. The van der Waals surface area contributed by atoms with Gasteiger partial charge in [0.05, 0.1) is 11.7 Å². The van der Waals surface area contributed by atoms with Crippen LogP contribution in [0, 0.1) is 19.7 Å². The van der Waals surface area contributed by atoms with Gasteiger partial charge in [0, 0.05) is 24.7 Å². The van der Waals surface area contributed by atoms with Crippen LogP contribution in [0.3, 0.4) is 0 Å². The van der Waals surface area contributed by atoms with Gasteiger partial charge in [-0.25, -0.2) is 4.39 Å². The van der Waals surface area contributed by atoms with Crippen molar-refractivity contribution in [3.8, 4) is 0 Å². The van der Waals surface area contributed by atoms with Crippen LogP contribution < -0.4 is 11.3 Å². The molecule has 0 fully saturated rings. The standard InChI is InChI=1S/C14H19FN4/c1-9-4-5-13(15)12(6-9)14(17-16)8-11-7-10(2)18-19(11)3/h4-7,14,17H,8,16H2,1-3H3. The lowest BCUT2D eigenvalue weighted by Gasteiger charge is -2.17. The van der Waals surface area contributed by atoms with Crippen molar-refractivity contribution in [1.29, 1.82) is 0 Å². The van der Waals surface area contributed by atoms with E-state index in [1.165, 1.54) is 6.07 Å². The summed E-state index contributed by atoms with van der Waals surface area (Å²) < 4.78 is 15.7. The van der Waals surface area contributed by atoms with Crippen LogP contribution in [0.15, 0.2) is 24.3 Å². The maximum Gasteiger partial charge on any atom is 0.128 e. The van der Waals surface area contributed by atoms with E-state index in [2.05, 4.69) is 10.5 Å². The topological polar surface area (TPSA) is 55.9 Å². The van der Waals surface area contributed by atoms with Crippen molar-refractivity contribution in [3.63, 3.8) is 0 Å². The Balaban J connectivity index is 2.30. The quantitative estimate of drug-likeness (QED) is 0.654. The van der Waals surface area contributed by atoms with Crippen molar-refractivity contribution < 1.29 is 4.39 Å². The Hall–Kier alpha value is -1.72. The Morgan fingerprint density at radius 1 is 1.37 bits per heavy atom. The lowest BCUT2D eigenvalue weighted by molar-refractivity contribution is 0.497. The van der Waals surface area contributed by atoms with Gasteiger partial charge >= 0.3 is 0 Å². The molecule has 1 heterocycles. The molecule has 0 aliphatic rings. The number of hydrogen-bond donors (Lipinski definition) is 2. The van der Waals surface area contributed by atoms with Gasteiger partial charge < -0.3 is 0 Å². The van der Waals surface area contributed by atoms with Gasteiger partial charge in [0.15, 0.2) is 0 Å². The number of benzene rings is 1. The molecule has 4 nitrogen and oxygen atoms in total. The molecule has 0 aliphatic carbocycles. The lowest BCUT2D eigenvalue weighted by Crippen LogP contribution is -2.30.